The fourth-order valence-corrected chi connectivity index (χ4v) is 5.17. The number of hydrogen-bond acceptors (Lipinski definition) is 5. The summed E-state index contributed by atoms with van der Waals surface area (Å²) in [5.74, 6) is 0.605. The summed E-state index contributed by atoms with van der Waals surface area (Å²) in [4.78, 5) is 21.3. The van der Waals surface area contributed by atoms with Gasteiger partial charge in [-0.05, 0) is 18.2 Å². The lowest BCUT2D eigenvalue weighted by Gasteiger charge is -2.35. The van der Waals surface area contributed by atoms with E-state index in [0.29, 0.717) is 39.3 Å². The van der Waals surface area contributed by atoms with Crippen LogP contribution in [0.5, 0.6) is 0 Å². The van der Waals surface area contributed by atoms with E-state index in [0.717, 1.165) is 5.95 Å². The van der Waals surface area contributed by atoms with Gasteiger partial charge in [0.15, 0.2) is 0 Å². The third-order valence-electron chi connectivity index (χ3n) is 5.16. The number of piperazine rings is 1. The van der Waals surface area contributed by atoms with Crippen molar-refractivity contribution in [1.82, 2.24) is 18.8 Å². The maximum Gasteiger partial charge on any atom is 0.255 e. The maximum atomic E-state index is 13.1. The monoisotopic (exact) mass is 439 g/mol. The molecule has 0 spiro atoms. The maximum absolute atomic E-state index is 13.1. The number of carbonyl (C=O) groups excluding carboxylic acids is 1. The Bertz CT molecular complexity index is 979. The van der Waals surface area contributed by atoms with Crippen molar-refractivity contribution in [3.05, 3.63) is 41.2 Å². The standard InChI is InChI=1S/C19H26ClN5O3S/c1-4-25(5-2)29(27,28)15-6-7-17(20)16(14-15)18(26)23-10-12-24(13-11-23)19-21-8-9-22(19)3/h6-9,14H,4-5,10-13H2,1-3H3. The first-order valence-electron chi connectivity index (χ1n) is 9.60. The summed E-state index contributed by atoms with van der Waals surface area (Å²) < 4.78 is 28.9. The van der Waals surface area contributed by atoms with Gasteiger partial charge in [-0.15, -0.1) is 0 Å². The number of sulfonamides is 1. The van der Waals surface area contributed by atoms with Crippen molar-refractivity contribution in [2.24, 2.45) is 7.05 Å². The molecular weight excluding hydrogens is 414 g/mol. The van der Waals surface area contributed by atoms with Gasteiger partial charge in [0.25, 0.3) is 5.91 Å². The van der Waals surface area contributed by atoms with Crippen LogP contribution in [0, 0.1) is 0 Å². The number of halogens is 1. The van der Waals surface area contributed by atoms with E-state index < -0.39 is 10.0 Å². The van der Waals surface area contributed by atoms with Gasteiger partial charge in [-0.1, -0.05) is 25.4 Å². The van der Waals surface area contributed by atoms with E-state index in [1.54, 1.807) is 24.9 Å². The summed E-state index contributed by atoms with van der Waals surface area (Å²) in [6, 6.07) is 4.32. The van der Waals surface area contributed by atoms with Crippen molar-refractivity contribution in [3.8, 4) is 0 Å². The number of aromatic nitrogens is 2. The molecule has 2 aromatic rings. The Morgan fingerprint density at radius 3 is 2.38 bits per heavy atom. The third kappa shape index (κ3) is 4.26. The van der Waals surface area contributed by atoms with Gasteiger partial charge in [-0.25, -0.2) is 13.4 Å². The Hall–Kier alpha value is -2.10. The van der Waals surface area contributed by atoms with E-state index in [4.69, 9.17) is 11.6 Å². The fourth-order valence-electron chi connectivity index (χ4n) is 3.48. The van der Waals surface area contributed by atoms with Gasteiger partial charge in [-0.3, -0.25) is 4.79 Å². The summed E-state index contributed by atoms with van der Waals surface area (Å²) in [6.07, 6.45) is 3.63. The molecule has 1 fully saturated rings. The average molecular weight is 440 g/mol. The van der Waals surface area contributed by atoms with E-state index in [-0.39, 0.29) is 21.4 Å². The molecule has 158 valence electrons. The summed E-state index contributed by atoms with van der Waals surface area (Å²) in [5, 5.41) is 0.250. The van der Waals surface area contributed by atoms with Crippen LogP contribution >= 0.6 is 11.6 Å². The van der Waals surface area contributed by atoms with Gasteiger partial charge in [-0.2, -0.15) is 4.31 Å². The van der Waals surface area contributed by atoms with E-state index in [1.165, 1.54) is 22.5 Å². The zero-order valence-electron chi connectivity index (χ0n) is 16.9. The number of anilines is 1. The van der Waals surface area contributed by atoms with Gasteiger partial charge in [0.05, 0.1) is 15.5 Å². The highest BCUT2D eigenvalue weighted by atomic mass is 35.5. The lowest BCUT2D eigenvalue weighted by molar-refractivity contribution is 0.0746. The predicted octanol–water partition coefficient (Wildman–Crippen LogP) is 2.07. The minimum atomic E-state index is -3.66. The topological polar surface area (TPSA) is 78.8 Å². The molecule has 3 rings (SSSR count). The minimum absolute atomic E-state index is 0.0839. The molecule has 0 saturated carbocycles. The average Bonchev–Trinajstić information content (AvgIpc) is 3.14. The first-order chi connectivity index (χ1) is 13.8. The van der Waals surface area contributed by atoms with Gasteiger partial charge in [0, 0.05) is 58.7 Å². The summed E-state index contributed by atoms with van der Waals surface area (Å²) in [5.41, 5.74) is 0.213. The molecule has 1 aromatic heterocycles. The largest absolute Gasteiger partial charge is 0.339 e. The van der Waals surface area contributed by atoms with Crippen LogP contribution in [0.2, 0.25) is 5.02 Å². The van der Waals surface area contributed by atoms with Crippen molar-refractivity contribution in [3.63, 3.8) is 0 Å². The van der Waals surface area contributed by atoms with Crippen molar-refractivity contribution in [2.75, 3.05) is 44.2 Å². The Kier molecular flexibility index (Phi) is 6.50. The quantitative estimate of drug-likeness (QED) is 0.688. The summed E-state index contributed by atoms with van der Waals surface area (Å²) in [6.45, 7) is 6.59. The van der Waals surface area contributed by atoms with Crippen molar-refractivity contribution >= 4 is 33.5 Å². The van der Waals surface area contributed by atoms with Crippen LogP contribution < -0.4 is 4.90 Å². The Morgan fingerprint density at radius 1 is 1.17 bits per heavy atom. The van der Waals surface area contributed by atoms with Crippen LogP contribution in [-0.2, 0) is 17.1 Å². The molecule has 1 amide bonds. The molecule has 1 aliphatic heterocycles. The normalized spacial score (nSPS) is 15.2. The van der Waals surface area contributed by atoms with Crippen molar-refractivity contribution in [1.29, 1.82) is 0 Å². The van der Waals surface area contributed by atoms with Gasteiger partial charge >= 0.3 is 0 Å². The van der Waals surface area contributed by atoms with Gasteiger partial charge in [0.2, 0.25) is 16.0 Å². The zero-order chi connectivity index (χ0) is 21.2. The number of carbonyl (C=O) groups is 1. The SMILES string of the molecule is CCN(CC)S(=O)(=O)c1ccc(Cl)c(C(=O)N2CCN(c3nccn3C)CC2)c1. The molecular formula is C19H26ClN5O3S. The van der Waals surface area contributed by atoms with Gasteiger partial charge in [0.1, 0.15) is 0 Å². The first-order valence-corrected chi connectivity index (χ1v) is 11.4. The second kappa shape index (κ2) is 8.73. The number of imidazole rings is 1. The predicted molar refractivity (Wildman–Crippen MR) is 113 cm³/mol. The highest BCUT2D eigenvalue weighted by molar-refractivity contribution is 7.89. The number of rotatable bonds is 6. The number of aryl methyl sites for hydroxylation is 1. The Labute approximate surface area is 176 Å². The number of nitrogens with zero attached hydrogens (tertiary/aromatic N) is 5. The number of amides is 1. The van der Waals surface area contributed by atoms with Crippen LogP contribution in [-0.4, -0.2) is 72.3 Å². The Morgan fingerprint density at radius 2 is 1.83 bits per heavy atom. The zero-order valence-corrected chi connectivity index (χ0v) is 18.4. The molecule has 8 nitrogen and oxygen atoms in total. The second-order valence-corrected chi connectivity index (χ2v) is 9.19. The molecule has 0 N–H and O–H groups in total. The Balaban J connectivity index is 1.79. The molecule has 2 heterocycles. The molecule has 1 aromatic carbocycles. The van der Waals surface area contributed by atoms with Crippen LogP contribution in [0.1, 0.15) is 24.2 Å². The molecule has 0 aliphatic carbocycles. The number of hydrogen-bond donors (Lipinski definition) is 0. The van der Waals surface area contributed by atoms with E-state index in [1.807, 2.05) is 17.8 Å². The lowest BCUT2D eigenvalue weighted by atomic mass is 10.2. The third-order valence-corrected chi connectivity index (χ3v) is 7.53. The minimum Gasteiger partial charge on any atom is -0.339 e. The van der Waals surface area contributed by atoms with Crippen LogP contribution in [0.15, 0.2) is 35.5 Å². The fraction of sp³-hybridized carbons (Fsp3) is 0.474. The first kappa shape index (κ1) is 21.6. The summed E-state index contributed by atoms with van der Waals surface area (Å²) in [7, 11) is -1.73. The molecule has 1 saturated heterocycles. The molecule has 29 heavy (non-hydrogen) atoms. The van der Waals surface area contributed by atoms with E-state index in [2.05, 4.69) is 9.88 Å². The molecule has 0 atom stereocenters. The lowest BCUT2D eigenvalue weighted by Crippen LogP contribution is -2.49. The highest BCUT2D eigenvalue weighted by Crippen LogP contribution is 2.25. The molecule has 1 aliphatic rings. The van der Waals surface area contributed by atoms with Crippen molar-refractivity contribution in [2.45, 2.75) is 18.7 Å². The number of benzene rings is 1. The smallest absolute Gasteiger partial charge is 0.255 e. The van der Waals surface area contributed by atoms with Crippen molar-refractivity contribution < 1.29 is 13.2 Å². The van der Waals surface area contributed by atoms with Crippen LogP contribution in [0.4, 0.5) is 5.95 Å². The van der Waals surface area contributed by atoms with Crippen LogP contribution in [0.25, 0.3) is 0 Å². The highest BCUT2D eigenvalue weighted by Gasteiger charge is 2.28. The van der Waals surface area contributed by atoms with Crippen LogP contribution in [0.3, 0.4) is 0 Å². The van der Waals surface area contributed by atoms with E-state index >= 15 is 0 Å². The molecule has 0 bridgehead atoms. The second-order valence-electron chi connectivity index (χ2n) is 6.85. The molecule has 10 heteroatoms. The summed E-state index contributed by atoms with van der Waals surface area (Å²) >= 11 is 6.26. The molecule has 0 unspecified atom stereocenters. The molecule has 0 radical (unpaired) electrons. The van der Waals surface area contributed by atoms with E-state index in [9.17, 15) is 13.2 Å². The van der Waals surface area contributed by atoms with Gasteiger partial charge < -0.3 is 14.4 Å².